The lowest BCUT2D eigenvalue weighted by Crippen LogP contribution is -2.41. The molecule has 132 valence electrons. The summed E-state index contributed by atoms with van der Waals surface area (Å²) < 4.78 is 15.7. The van der Waals surface area contributed by atoms with E-state index in [4.69, 9.17) is 14.2 Å². The summed E-state index contributed by atoms with van der Waals surface area (Å²) in [4.78, 5) is 25.2. The average Bonchev–Trinajstić information content (AvgIpc) is 2.97. The number of amides is 2. The molecular formula is C18H25NO5. The third-order valence-corrected chi connectivity index (χ3v) is 4.05. The van der Waals surface area contributed by atoms with Gasteiger partial charge in [0.2, 0.25) is 5.91 Å². The van der Waals surface area contributed by atoms with Gasteiger partial charge in [0.05, 0.1) is 19.8 Å². The fourth-order valence-corrected chi connectivity index (χ4v) is 2.57. The molecule has 0 saturated carbocycles. The second-order valence-corrected chi connectivity index (χ2v) is 6.16. The molecule has 0 aliphatic carbocycles. The Morgan fingerprint density at radius 3 is 2.67 bits per heavy atom. The van der Waals surface area contributed by atoms with Crippen molar-refractivity contribution in [2.75, 3.05) is 20.3 Å². The minimum Gasteiger partial charge on any atom is -0.497 e. The number of cyclic esters (lactones) is 1. The SMILES string of the molecule is COc1ccc(COCCCC(=O)N2C(=O)OC[C@@H]2C(C)C)cc1. The first-order valence-electron chi connectivity index (χ1n) is 8.22. The minimum atomic E-state index is -0.530. The number of ether oxygens (including phenoxy) is 3. The number of rotatable bonds is 8. The lowest BCUT2D eigenvalue weighted by Gasteiger charge is -2.22. The molecule has 1 fully saturated rings. The molecule has 2 rings (SSSR count). The molecule has 1 heterocycles. The molecule has 6 nitrogen and oxygen atoms in total. The fraction of sp³-hybridized carbons (Fsp3) is 0.556. The second-order valence-electron chi connectivity index (χ2n) is 6.16. The maximum atomic E-state index is 12.2. The average molecular weight is 335 g/mol. The molecule has 1 aromatic rings. The molecule has 0 spiro atoms. The molecule has 1 aliphatic heterocycles. The summed E-state index contributed by atoms with van der Waals surface area (Å²) in [5.74, 6) is 0.803. The van der Waals surface area contributed by atoms with E-state index in [1.54, 1.807) is 7.11 Å². The van der Waals surface area contributed by atoms with Gasteiger partial charge in [0, 0.05) is 13.0 Å². The van der Waals surface area contributed by atoms with Crippen molar-refractivity contribution in [2.45, 2.75) is 39.3 Å². The standard InChI is InChI=1S/C18H25NO5/c1-13(2)16-12-24-18(21)19(16)17(20)5-4-10-23-11-14-6-8-15(22-3)9-7-14/h6-9,13,16H,4-5,10-12H2,1-3H3/t16-/m1/s1. The van der Waals surface area contributed by atoms with E-state index in [2.05, 4.69) is 0 Å². The third-order valence-electron chi connectivity index (χ3n) is 4.05. The zero-order chi connectivity index (χ0) is 17.5. The van der Waals surface area contributed by atoms with Crippen molar-refractivity contribution in [3.05, 3.63) is 29.8 Å². The molecule has 2 amide bonds. The zero-order valence-corrected chi connectivity index (χ0v) is 14.5. The molecule has 0 N–H and O–H groups in total. The number of benzene rings is 1. The number of carbonyl (C=O) groups excluding carboxylic acids is 2. The van der Waals surface area contributed by atoms with E-state index in [0.717, 1.165) is 11.3 Å². The van der Waals surface area contributed by atoms with Gasteiger partial charge in [-0.15, -0.1) is 0 Å². The first-order valence-corrected chi connectivity index (χ1v) is 8.22. The largest absolute Gasteiger partial charge is 0.497 e. The van der Waals surface area contributed by atoms with Crippen molar-refractivity contribution in [3.8, 4) is 5.75 Å². The molecular weight excluding hydrogens is 310 g/mol. The van der Waals surface area contributed by atoms with Gasteiger partial charge in [-0.3, -0.25) is 4.79 Å². The number of carbonyl (C=O) groups is 2. The van der Waals surface area contributed by atoms with E-state index in [1.165, 1.54) is 4.90 Å². The monoisotopic (exact) mass is 335 g/mol. The summed E-state index contributed by atoms with van der Waals surface area (Å²) in [6.07, 6.45) is 0.322. The van der Waals surface area contributed by atoms with Crippen LogP contribution in [0.15, 0.2) is 24.3 Å². The molecule has 1 saturated heterocycles. The number of imide groups is 1. The van der Waals surface area contributed by atoms with Crippen molar-refractivity contribution in [1.29, 1.82) is 0 Å². The number of hydrogen-bond donors (Lipinski definition) is 0. The third kappa shape index (κ3) is 4.71. The van der Waals surface area contributed by atoms with E-state index in [1.807, 2.05) is 38.1 Å². The van der Waals surface area contributed by atoms with Crippen molar-refractivity contribution in [3.63, 3.8) is 0 Å². The van der Waals surface area contributed by atoms with Gasteiger partial charge in [0.15, 0.2) is 0 Å². The van der Waals surface area contributed by atoms with Crippen LogP contribution in [0.4, 0.5) is 4.79 Å². The number of methoxy groups -OCH3 is 1. The van der Waals surface area contributed by atoms with Crippen molar-refractivity contribution >= 4 is 12.0 Å². The van der Waals surface area contributed by atoms with Crippen LogP contribution in [0.2, 0.25) is 0 Å². The summed E-state index contributed by atoms with van der Waals surface area (Å²) in [6.45, 7) is 5.19. The van der Waals surface area contributed by atoms with Crippen LogP contribution >= 0.6 is 0 Å². The molecule has 0 unspecified atom stereocenters. The van der Waals surface area contributed by atoms with Crippen molar-refractivity contribution in [2.24, 2.45) is 5.92 Å². The summed E-state index contributed by atoms with van der Waals surface area (Å²) >= 11 is 0. The van der Waals surface area contributed by atoms with Crippen LogP contribution in [0.1, 0.15) is 32.3 Å². The Kier molecular flexibility index (Phi) is 6.61. The van der Waals surface area contributed by atoms with Crippen LogP contribution in [-0.4, -0.2) is 43.3 Å². The molecule has 0 bridgehead atoms. The Bertz CT molecular complexity index is 555. The topological polar surface area (TPSA) is 65.1 Å². The van der Waals surface area contributed by atoms with Gasteiger partial charge in [-0.25, -0.2) is 9.69 Å². The summed E-state index contributed by atoms with van der Waals surface area (Å²) in [5.41, 5.74) is 1.05. The first kappa shape index (κ1) is 18.3. The summed E-state index contributed by atoms with van der Waals surface area (Å²) in [5, 5.41) is 0. The maximum Gasteiger partial charge on any atom is 0.416 e. The van der Waals surface area contributed by atoms with Gasteiger partial charge in [0.25, 0.3) is 0 Å². The second kappa shape index (κ2) is 8.68. The lowest BCUT2D eigenvalue weighted by molar-refractivity contribution is -0.130. The fourth-order valence-electron chi connectivity index (χ4n) is 2.57. The van der Waals surface area contributed by atoms with Gasteiger partial charge in [0.1, 0.15) is 12.4 Å². The molecule has 0 radical (unpaired) electrons. The van der Waals surface area contributed by atoms with Gasteiger partial charge in [-0.2, -0.15) is 0 Å². The molecule has 6 heteroatoms. The maximum absolute atomic E-state index is 12.2. The van der Waals surface area contributed by atoms with E-state index in [-0.39, 0.29) is 30.9 Å². The Balaban J connectivity index is 1.69. The lowest BCUT2D eigenvalue weighted by atomic mass is 10.0. The van der Waals surface area contributed by atoms with E-state index in [9.17, 15) is 9.59 Å². The highest BCUT2D eigenvalue weighted by molar-refractivity contribution is 5.93. The van der Waals surface area contributed by atoms with Crippen LogP contribution < -0.4 is 4.74 Å². The first-order chi connectivity index (χ1) is 11.5. The zero-order valence-electron chi connectivity index (χ0n) is 14.5. The molecule has 1 aromatic carbocycles. The van der Waals surface area contributed by atoms with Crippen LogP contribution in [0.5, 0.6) is 5.75 Å². The highest BCUT2D eigenvalue weighted by Crippen LogP contribution is 2.21. The van der Waals surface area contributed by atoms with E-state index >= 15 is 0 Å². The Morgan fingerprint density at radius 2 is 2.04 bits per heavy atom. The smallest absolute Gasteiger partial charge is 0.416 e. The molecule has 24 heavy (non-hydrogen) atoms. The Morgan fingerprint density at radius 1 is 1.33 bits per heavy atom. The van der Waals surface area contributed by atoms with Gasteiger partial charge in [-0.05, 0) is 30.0 Å². The summed E-state index contributed by atoms with van der Waals surface area (Å²) in [6, 6.07) is 7.49. The Labute approximate surface area is 142 Å². The van der Waals surface area contributed by atoms with Gasteiger partial charge < -0.3 is 14.2 Å². The molecule has 1 atom stereocenters. The van der Waals surface area contributed by atoms with Crippen LogP contribution in [-0.2, 0) is 20.9 Å². The molecule has 0 aromatic heterocycles. The highest BCUT2D eigenvalue weighted by Gasteiger charge is 2.38. The summed E-state index contributed by atoms with van der Waals surface area (Å²) in [7, 11) is 1.63. The predicted molar refractivity (Wildman–Crippen MR) is 88.7 cm³/mol. The van der Waals surface area contributed by atoms with Gasteiger partial charge >= 0.3 is 6.09 Å². The van der Waals surface area contributed by atoms with Gasteiger partial charge in [-0.1, -0.05) is 26.0 Å². The number of hydrogen-bond acceptors (Lipinski definition) is 5. The van der Waals surface area contributed by atoms with Crippen LogP contribution in [0, 0.1) is 5.92 Å². The quantitative estimate of drug-likeness (QED) is 0.683. The highest BCUT2D eigenvalue weighted by atomic mass is 16.6. The normalized spacial score (nSPS) is 17.2. The van der Waals surface area contributed by atoms with Crippen molar-refractivity contribution < 1.29 is 23.8 Å². The van der Waals surface area contributed by atoms with Crippen LogP contribution in [0.3, 0.4) is 0 Å². The minimum absolute atomic E-state index is 0.162. The molecule has 1 aliphatic rings. The number of nitrogens with zero attached hydrogens (tertiary/aromatic N) is 1. The van der Waals surface area contributed by atoms with Crippen LogP contribution in [0.25, 0.3) is 0 Å². The Hall–Kier alpha value is -2.08. The van der Waals surface area contributed by atoms with E-state index in [0.29, 0.717) is 19.6 Å². The van der Waals surface area contributed by atoms with Crippen molar-refractivity contribution in [1.82, 2.24) is 4.90 Å². The van der Waals surface area contributed by atoms with E-state index < -0.39 is 6.09 Å². The predicted octanol–water partition coefficient (Wildman–Crippen LogP) is 3.00.